The van der Waals surface area contributed by atoms with E-state index in [0.717, 1.165) is 15.8 Å². The van der Waals surface area contributed by atoms with Crippen molar-refractivity contribution in [1.29, 1.82) is 0 Å². The fourth-order valence-corrected chi connectivity index (χ4v) is 4.88. The van der Waals surface area contributed by atoms with Crippen molar-refractivity contribution in [2.24, 2.45) is 0 Å². The maximum Gasteiger partial charge on any atom is 0.435 e. The molecule has 4 rings (SSSR count). The average molecular weight is 508 g/mol. The molecular weight excluding hydrogens is 483 g/mol. The highest BCUT2D eigenvalue weighted by atomic mass is 32.1. The van der Waals surface area contributed by atoms with Crippen LogP contribution in [0.25, 0.3) is 0 Å². The van der Waals surface area contributed by atoms with Gasteiger partial charge in [0.1, 0.15) is 18.1 Å². The second kappa shape index (κ2) is 10.1. The van der Waals surface area contributed by atoms with E-state index in [9.17, 15) is 22.8 Å². The normalized spacial score (nSPS) is 14.7. The summed E-state index contributed by atoms with van der Waals surface area (Å²) in [5.74, 6) is 0.463. The molecule has 1 N–H and O–H groups in total. The van der Waals surface area contributed by atoms with Gasteiger partial charge in [0.05, 0.1) is 17.7 Å². The summed E-state index contributed by atoms with van der Waals surface area (Å²) < 4.78 is 44.9. The number of thiazole rings is 1. The topological polar surface area (TPSA) is 89.4 Å². The Morgan fingerprint density at radius 1 is 1.23 bits per heavy atom. The Bertz CT molecular complexity index is 1220. The second-order valence-corrected chi connectivity index (χ2v) is 9.10. The molecule has 0 atom stereocenters. The minimum Gasteiger partial charge on any atom is -0.496 e. The van der Waals surface area contributed by atoms with Crippen molar-refractivity contribution in [3.05, 3.63) is 57.7 Å². The van der Waals surface area contributed by atoms with Crippen LogP contribution in [0.5, 0.6) is 5.75 Å². The zero-order valence-corrected chi connectivity index (χ0v) is 19.9. The number of carbonyl (C=O) groups excluding carboxylic acids is 2. The number of carbonyl (C=O) groups is 2. The van der Waals surface area contributed by atoms with Crippen LogP contribution in [0, 0.1) is 6.92 Å². The van der Waals surface area contributed by atoms with Crippen LogP contribution in [0.2, 0.25) is 0 Å². The fourth-order valence-electron chi connectivity index (χ4n) is 3.96. The molecule has 1 aromatic carbocycles. The van der Waals surface area contributed by atoms with Crippen molar-refractivity contribution < 1.29 is 27.5 Å². The lowest BCUT2D eigenvalue weighted by Gasteiger charge is -2.31. The quantitative estimate of drug-likeness (QED) is 0.537. The van der Waals surface area contributed by atoms with Crippen LogP contribution in [0.1, 0.15) is 45.5 Å². The van der Waals surface area contributed by atoms with Gasteiger partial charge in [0.2, 0.25) is 5.91 Å². The molecule has 0 saturated carbocycles. The fraction of sp³-hybridized carbons (Fsp3) is 0.391. The van der Waals surface area contributed by atoms with Crippen molar-refractivity contribution in [3.63, 3.8) is 0 Å². The first kappa shape index (κ1) is 24.7. The Morgan fingerprint density at radius 2 is 1.94 bits per heavy atom. The standard InChI is InChI=1S/C23H24F3N5O3S/c1-14-11-18(23(24,25)26)29-31(14)12-20(32)30-9-7-15(8-10-30)22-28-19(13-35-22)27-21(33)16-5-3-4-6-17(16)34-2/h3-6,11,13,15H,7-10,12H2,1-2H3,(H,27,33). The molecule has 1 fully saturated rings. The summed E-state index contributed by atoms with van der Waals surface area (Å²) in [4.78, 5) is 31.4. The highest BCUT2D eigenvalue weighted by Gasteiger charge is 2.35. The number of nitrogens with one attached hydrogen (secondary N) is 1. The number of likely N-dealkylation sites (tertiary alicyclic amines) is 1. The SMILES string of the molecule is COc1ccccc1C(=O)Nc1csc(C2CCN(C(=O)Cn3nc(C(F)(F)F)cc3C)CC2)n1. The molecule has 0 unspecified atom stereocenters. The van der Waals surface area contributed by atoms with E-state index in [-0.39, 0.29) is 30.0 Å². The first-order chi connectivity index (χ1) is 16.7. The Kier molecular flexibility index (Phi) is 7.10. The van der Waals surface area contributed by atoms with Crippen LogP contribution in [-0.4, -0.2) is 51.7 Å². The number of nitrogens with zero attached hydrogens (tertiary/aromatic N) is 4. The van der Waals surface area contributed by atoms with E-state index in [2.05, 4.69) is 15.4 Å². The molecular formula is C23H24F3N5O3S. The van der Waals surface area contributed by atoms with Crippen LogP contribution in [-0.2, 0) is 17.5 Å². The van der Waals surface area contributed by atoms with Crippen molar-refractivity contribution in [1.82, 2.24) is 19.7 Å². The number of ether oxygens (including phenoxy) is 1. The third-order valence-corrected chi connectivity index (χ3v) is 6.88. The molecule has 2 aromatic heterocycles. The minimum absolute atomic E-state index is 0.129. The molecule has 0 bridgehead atoms. The number of piperidine rings is 1. The van der Waals surface area contributed by atoms with Crippen molar-refractivity contribution in [2.75, 3.05) is 25.5 Å². The molecule has 2 amide bonds. The maximum absolute atomic E-state index is 12.9. The number of alkyl halides is 3. The van der Waals surface area contributed by atoms with Gasteiger partial charge in [-0.15, -0.1) is 11.3 Å². The Hall–Kier alpha value is -3.41. The van der Waals surface area contributed by atoms with E-state index in [1.54, 1.807) is 34.5 Å². The molecule has 186 valence electrons. The van der Waals surface area contributed by atoms with Gasteiger partial charge in [-0.2, -0.15) is 18.3 Å². The highest BCUT2D eigenvalue weighted by Crippen LogP contribution is 2.32. The van der Waals surface area contributed by atoms with E-state index in [4.69, 9.17) is 4.74 Å². The number of rotatable bonds is 6. The van der Waals surface area contributed by atoms with Crippen LogP contribution < -0.4 is 10.1 Å². The van der Waals surface area contributed by atoms with Crippen LogP contribution in [0.3, 0.4) is 0 Å². The van der Waals surface area contributed by atoms with Crippen molar-refractivity contribution in [2.45, 2.75) is 38.4 Å². The molecule has 3 aromatic rings. The highest BCUT2D eigenvalue weighted by molar-refractivity contribution is 7.10. The van der Waals surface area contributed by atoms with Crippen molar-refractivity contribution >= 4 is 29.0 Å². The predicted molar refractivity (Wildman–Crippen MR) is 124 cm³/mol. The van der Waals surface area contributed by atoms with Gasteiger partial charge >= 0.3 is 6.18 Å². The second-order valence-electron chi connectivity index (χ2n) is 8.21. The molecule has 3 heterocycles. The van der Waals surface area contributed by atoms with E-state index >= 15 is 0 Å². The number of hydrogen-bond acceptors (Lipinski definition) is 6. The van der Waals surface area contributed by atoms with Gasteiger partial charge in [0.15, 0.2) is 5.69 Å². The number of benzene rings is 1. The number of aromatic nitrogens is 3. The minimum atomic E-state index is -4.55. The summed E-state index contributed by atoms with van der Waals surface area (Å²) in [6, 6.07) is 7.85. The summed E-state index contributed by atoms with van der Waals surface area (Å²) in [5, 5.41) is 8.96. The van der Waals surface area contributed by atoms with Gasteiger partial charge in [-0.3, -0.25) is 14.3 Å². The molecule has 1 aliphatic rings. The van der Waals surface area contributed by atoms with Crippen molar-refractivity contribution in [3.8, 4) is 5.75 Å². The summed E-state index contributed by atoms with van der Waals surface area (Å²) in [6.07, 6.45) is -3.20. The first-order valence-electron chi connectivity index (χ1n) is 10.9. The number of methoxy groups -OCH3 is 1. The third-order valence-electron chi connectivity index (χ3n) is 5.87. The summed E-state index contributed by atoms with van der Waals surface area (Å²) >= 11 is 1.44. The average Bonchev–Trinajstić information content (AvgIpc) is 3.45. The number of para-hydroxylation sites is 1. The Morgan fingerprint density at radius 3 is 2.60 bits per heavy atom. The van der Waals surface area contributed by atoms with E-state index in [1.165, 1.54) is 25.4 Å². The number of halogens is 3. The van der Waals surface area contributed by atoms with Crippen LogP contribution in [0.4, 0.5) is 19.0 Å². The smallest absolute Gasteiger partial charge is 0.435 e. The summed E-state index contributed by atoms with van der Waals surface area (Å²) in [6.45, 7) is 2.20. The first-order valence-corrected chi connectivity index (χ1v) is 11.8. The van der Waals surface area contributed by atoms with Gasteiger partial charge in [0, 0.05) is 30.1 Å². The Labute approximate surface area is 203 Å². The number of hydrogen-bond donors (Lipinski definition) is 1. The maximum atomic E-state index is 12.9. The molecule has 1 saturated heterocycles. The number of amides is 2. The summed E-state index contributed by atoms with van der Waals surface area (Å²) in [7, 11) is 1.50. The van der Waals surface area contributed by atoms with E-state index in [1.807, 2.05) is 0 Å². The zero-order chi connectivity index (χ0) is 25.2. The third kappa shape index (κ3) is 5.64. The number of aryl methyl sites for hydroxylation is 1. The Balaban J connectivity index is 1.32. The van der Waals surface area contributed by atoms with Gasteiger partial charge in [-0.05, 0) is 38.0 Å². The summed E-state index contributed by atoms with van der Waals surface area (Å²) in [5.41, 5.74) is -0.309. The monoisotopic (exact) mass is 507 g/mol. The lowest BCUT2D eigenvalue weighted by atomic mass is 9.97. The number of anilines is 1. The van der Waals surface area contributed by atoms with Crippen LogP contribution >= 0.6 is 11.3 Å². The molecule has 35 heavy (non-hydrogen) atoms. The van der Waals surface area contributed by atoms with Gasteiger partial charge in [0.25, 0.3) is 5.91 Å². The predicted octanol–water partition coefficient (Wildman–Crippen LogP) is 4.33. The van der Waals surface area contributed by atoms with Crippen LogP contribution in [0.15, 0.2) is 35.7 Å². The molecule has 0 aliphatic carbocycles. The van der Waals surface area contributed by atoms with Gasteiger partial charge < -0.3 is 15.0 Å². The molecule has 0 radical (unpaired) electrons. The van der Waals surface area contributed by atoms with Gasteiger partial charge in [-0.25, -0.2) is 4.98 Å². The molecule has 12 heteroatoms. The lowest BCUT2D eigenvalue weighted by molar-refractivity contribution is -0.142. The largest absolute Gasteiger partial charge is 0.496 e. The van der Waals surface area contributed by atoms with Gasteiger partial charge in [-0.1, -0.05) is 12.1 Å². The zero-order valence-electron chi connectivity index (χ0n) is 19.1. The molecule has 1 aliphatic heterocycles. The van der Waals surface area contributed by atoms with E-state index in [0.29, 0.717) is 43.1 Å². The molecule has 8 nitrogen and oxygen atoms in total. The van der Waals surface area contributed by atoms with E-state index < -0.39 is 11.9 Å². The lowest BCUT2D eigenvalue weighted by Crippen LogP contribution is -2.40. The molecule has 0 spiro atoms.